The van der Waals surface area contributed by atoms with Gasteiger partial charge in [-0.3, -0.25) is 37.3 Å². The van der Waals surface area contributed by atoms with Gasteiger partial charge in [-0.15, -0.1) is 0 Å². The molecule has 0 radical (unpaired) electrons. The van der Waals surface area contributed by atoms with Crippen molar-refractivity contribution in [2.45, 2.75) is 251 Å². The number of aliphatic hydroxyl groups is 1. The first kappa shape index (κ1) is 93.9. The highest BCUT2D eigenvalue weighted by atomic mass is 31.2. The molecule has 0 heterocycles. The van der Waals surface area contributed by atoms with Crippen molar-refractivity contribution in [3.63, 3.8) is 0 Å². The fraction of sp³-hybridized carbons (Fsp3) is 0.556. The first-order chi connectivity index (χ1) is 48.7. The van der Waals surface area contributed by atoms with E-state index in [1.165, 1.54) is 0 Å². The number of esters is 4. The molecule has 0 rings (SSSR count). The second-order valence-electron chi connectivity index (χ2n) is 23.4. The summed E-state index contributed by atoms with van der Waals surface area (Å²) in [6.45, 7) is 4.13. The molecule has 0 saturated carbocycles. The molecule has 0 aromatic heterocycles. The summed E-state index contributed by atoms with van der Waals surface area (Å²) < 4.78 is 68.1. The Hall–Kier alpha value is -6.10. The molecule has 17 nitrogen and oxygen atoms in total. The number of carbonyl (C=O) groups is 4. The molecular formula is C81H126O17P2. The Labute approximate surface area is 602 Å². The van der Waals surface area contributed by atoms with Crippen molar-refractivity contribution >= 4 is 39.5 Å². The number of hydrogen-bond donors (Lipinski definition) is 3. The molecule has 0 aliphatic heterocycles. The van der Waals surface area contributed by atoms with Crippen LogP contribution in [0.1, 0.15) is 233 Å². The van der Waals surface area contributed by atoms with Crippen molar-refractivity contribution in [1.82, 2.24) is 0 Å². The molecule has 0 bridgehead atoms. The number of hydrogen-bond acceptors (Lipinski definition) is 15. The van der Waals surface area contributed by atoms with Gasteiger partial charge in [-0.25, -0.2) is 9.13 Å². The van der Waals surface area contributed by atoms with Gasteiger partial charge in [0.05, 0.1) is 39.3 Å². The summed E-state index contributed by atoms with van der Waals surface area (Å²) in [7, 11) is -10.0. The van der Waals surface area contributed by atoms with Gasteiger partial charge in [0.2, 0.25) is 0 Å². The number of phosphoric ester groups is 2. The van der Waals surface area contributed by atoms with Crippen molar-refractivity contribution in [1.29, 1.82) is 0 Å². The maximum atomic E-state index is 13.1. The highest BCUT2D eigenvalue weighted by molar-refractivity contribution is 7.47. The molecule has 0 saturated heterocycles. The Morgan fingerprint density at radius 2 is 0.570 bits per heavy atom. The predicted octanol–water partition coefficient (Wildman–Crippen LogP) is 21.0. The van der Waals surface area contributed by atoms with Crippen molar-refractivity contribution < 1.29 is 80.2 Å². The maximum Gasteiger partial charge on any atom is 0.472 e. The van der Waals surface area contributed by atoms with Gasteiger partial charge < -0.3 is 33.8 Å². The first-order valence-corrected chi connectivity index (χ1v) is 39.7. The van der Waals surface area contributed by atoms with Crippen LogP contribution in [0.5, 0.6) is 0 Å². The molecule has 0 aromatic rings. The highest BCUT2D eigenvalue weighted by Gasteiger charge is 2.30. The third-order valence-electron chi connectivity index (χ3n) is 14.1. The molecule has 0 spiro atoms. The van der Waals surface area contributed by atoms with Gasteiger partial charge in [-0.2, -0.15) is 0 Å². The fourth-order valence-electron chi connectivity index (χ4n) is 8.63. The lowest BCUT2D eigenvalue weighted by Crippen LogP contribution is -2.30. The molecule has 0 aliphatic rings. The molecule has 5 atom stereocenters. The number of phosphoric acid groups is 2. The van der Waals surface area contributed by atoms with Crippen LogP contribution in [0.2, 0.25) is 0 Å². The summed E-state index contributed by atoms with van der Waals surface area (Å²) in [5, 5.41) is 10.6. The van der Waals surface area contributed by atoms with Gasteiger partial charge in [0.15, 0.2) is 12.2 Å². The number of carbonyl (C=O) groups excluding carboxylic acids is 4. The fourth-order valence-corrected chi connectivity index (χ4v) is 10.2. The largest absolute Gasteiger partial charge is 0.472 e. The molecular weight excluding hydrogens is 1310 g/mol. The lowest BCUT2D eigenvalue weighted by atomic mass is 10.1. The van der Waals surface area contributed by atoms with E-state index in [1.807, 2.05) is 30.4 Å². The van der Waals surface area contributed by atoms with Crippen LogP contribution < -0.4 is 0 Å². The number of unbranched alkanes of at least 4 members (excludes halogenated alkanes) is 10. The number of allylic oxidation sites excluding steroid dienone is 30. The second-order valence-corrected chi connectivity index (χ2v) is 26.3. The van der Waals surface area contributed by atoms with Crippen LogP contribution in [0, 0.1) is 0 Å². The molecule has 0 aliphatic carbocycles. The van der Waals surface area contributed by atoms with Gasteiger partial charge in [0, 0.05) is 12.8 Å². The summed E-state index contributed by atoms with van der Waals surface area (Å²) >= 11 is 0. The molecule has 100 heavy (non-hydrogen) atoms. The van der Waals surface area contributed by atoms with Crippen LogP contribution >= 0.6 is 15.6 Å². The Kier molecular flexibility index (Phi) is 67.0. The van der Waals surface area contributed by atoms with Crippen LogP contribution in [0.4, 0.5) is 0 Å². The van der Waals surface area contributed by atoms with E-state index < -0.39 is 97.5 Å². The van der Waals surface area contributed by atoms with Crippen LogP contribution in [-0.4, -0.2) is 96.7 Å². The molecule has 0 aromatic carbocycles. The van der Waals surface area contributed by atoms with E-state index in [9.17, 15) is 43.2 Å². The third-order valence-corrected chi connectivity index (χ3v) is 16.0. The number of rotatable bonds is 66. The third kappa shape index (κ3) is 70.3. The van der Waals surface area contributed by atoms with Gasteiger partial charge in [0.1, 0.15) is 19.3 Å². The topological polar surface area (TPSA) is 237 Å². The average Bonchev–Trinajstić information content (AvgIpc) is 0.937. The second kappa shape index (κ2) is 71.3. The van der Waals surface area contributed by atoms with Gasteiger partial charge in [-0.05, 0) is 141 Å². The Balaban J connectivity index is 5.54. The smallest absolute Gasteiger partial charge is 0.462 e. The quantitative estimate of drug-likeness (QED) is 0.0169. The molecule has 5 unspecified atom stereocenters. The minimum atomic E-state index is -5.02. The van der Waals surface area contributed by atoms with E-state index in [0.717, 1.165) is 154 Å². The zero-order chi connectivity index (χ0) is 73.2. The van der Waals surface area contributed by atoms with Crippen LogP contribution in [-0.2, 0) is 65.4 Å². The van der Waals surface area contributed by atoms with Crippen molar-refractivity contribution in [3.05, 3.63) is 194 Å². The van der Waals surface area contributed by atoms with Crippen molar-refractivity contribution in [3.8, 4) is 0 Å². The van der Waals surface area contributed by atoms with Crippen LogP contribution in [0.15, 0.2) is 194 Å². The van der Waals surface area contributed by atoms with Crippen LogP contribution in [0.25, 0.3) is 0 Å². The molecule has 0 fully saturated rings. The normalized spacial score (nSPS) is 15.1. The van der Waals surface area contributed by atoms with Crippen molar-refractivity contribution in [2.24, 2.45) is 0 Å². The summed E-state index contributed by atoms with van der Waals surface area (Å²) in [6, 6.07) is 0. The maximum absolute atomic E-state index is 13.1. The summed E-state index contributed by atoms with van der Waals surface area (Å²) in [5.74, 6) is -2.54. The first-order valence-electron chi connectivity index (χ1n) is 36.7. The highest BCUT2D eigenvalue weighted by Crippen LogP contribution is 2.45. The van der Waals surface area contributed by atoms with Gasteiger partial charge >= 0.3 is 39.5 Å². The van der Waals surface area contributed by atoms with Crippen molar-refractivity contribution in [2.75, 3.05) is 39.6 Å². The van der Waals surface area contributed by atoms with Crippen LogP contribution in [0.3, 0.4) is 0 Å². The van der Waals surface area contributed by atoms with E-state index in [0.29, 0.717) is 25.7 Å². The lowest BCUT2D eigenvalue weighted by Gasteiger charge is -2.21. The zero-order valence-corrected chi connectivity index (χ0v) is 62.8. The van der Waals surface area contributed by atoms with E-state index in [-0.39, 0.29) is 25.7 Å². The molecule has 19 heteroatoms. The average molecular weight is 1430 g/mol. The Bertz CT molecular complexity index is 2670. The number of ether oxygens (including phenoxy) is 4. The monoisotopic (exact) mass is 1430 g/mol. The van der Waals surface area contributed by atoms with E-state index in [4.69, 9.17) is 37.0 Å². The minimum absolute atomic E-state index is 0.0484. The Morgan fingerprint density at radius 1 is 0.300 bits per heavy atom. The summed E-state index contributed by atoms with van der Waals surface area (Å²) in [4.78, 5) is 72.6. The Morgan fingerprint density at radius 3 is 0.930 bits per heavy atom. The summed E-state index contributed by atoms with van der Waals surface area (Å²) in [5.41, 5.74) is 0. The molecule has 3 N–H and O–H groups in total. The molecule has 562 valence electrons. The number of aliphatic hydroxyl groups excluding tert-OH is 1. The lowest BCUT2D eigenvalue weighted by molar-refractivity contribution is -0.160. The predicted molar refractivity (Wildman–Crippen MR) is 408 cm³/mol. The van der Waals surface area contributed by atoms with E-state index in [1.54, 1.807) is 18.2 Å². The molecule has 0 amide bonds. The van der Waals surface area contributed by atoms with E-state index in [2.05, 4.69) is 174 Å². The minimum Gasteiger partial charge on any atom is -0.462 e. The standard InChI is InChI=1S/C81H126O17P2/c1-5-9-13-17-21-25-29-33-36-37-40-43-46-50-54-58-62-66-79(84)92-72-77(98-81(86)68-64-60-56-52-48-44-39-35-31-27-23-19-15-11-7-3)74-96-100(89,90)94-70-75(82)69-93-99(87,88)95-73-76(97-80(85)67-63-59-55-51-47-41-32-28-24-20-16-12-8-4)71-91-78(83)65-61-57-53-49-45-42-38-34-30-26-22-18-14-10-6-2/h9-11,13-16,20-23,25-28,32-36,38-40,43,45,48-49,52,57,60-61,64,75-77,82H,5-8,12,17-19,24,29-31,37,41-42,44,46-47,50-51,53-56,58-59,62-63,65-74H2,1-4H3,(H,87,88)(H,89,90)/b13-9-,14-10-,15-11-,20-16-,25-21-,26-22-,27-23-,32-28-,36-33-,38-34-,39-35-,43-40-,49-45-,52-48-,61-57-,64-60-. The van der Waals surface area contributed by atoms with Gasteiger partial charge in [-0.1, -0.05) is 261 Å². The van der Waals surface area contributed by atoms with E-state index >= 15 is 0 Å². The summed E-state index contributed by atoms with van der Waals surface area (Å²) in [6.07, 6.45) is 86.4. The van der Waals surface area contributed by atoms with Gasteiger partial charge in [0.25, 0.3) is 0 Å². The SMILES string of the molecule is CC/C=C\C/C=C\C/C=C\C/C=C\C/C=C\CC(=O)OCC(COP(=O)(O)OCC(O)COP(=O)(O)OCC(COC(=O)CCCCCC/C=C\C/C=C\C/C=C\C/C=C\CC)OC(=O)C/C=C\C/C=C\C/C=C\C/C=C\C/C=C\CC)OC(=O)CCCCCCC/C=C\C/C=C\CCC. The zero-order valence-electron chi connectivity index (χ0n) is 61.0.